The van der Waals surface area contributed by atoms with E-state index in [0.29, 0.717) is 5.82 Å². The fraction of sp³-hybridized carbons (Fsp3) is 0.375. The van der Waals surface area contributed by atoms with Gasteiger partial charge in [-0.3, -0.25) is 0 Å². The van der Waals surface area contributed by atoms with E-state index in [1.165, 1.54) is 18.1 Å². The average molecular weight is 340 g/mol. The third-order valence-electron chi connectivity index (χ3n) is 3.24. The maximum Gasteiger partial charge on any atom is 0.149 e. The van der Waals surface area contributed by atoms with Gasteiger partial charge in [-0.2, -0.15) is 0 Å². The van der Waals surface area contributed by atoms with Crippen LogP contribution in [0.3, 0.4) is 0 Å². The van der Waals surface area contributed by atoms with Crippen LogP contribution in [0.5, 0.6) is 0 Å². The molecule has 0 fully saturated rings. The minimum atomic E-state index is -1.23. The molecule has 1 aromatic heterocycles. The van der Waals surface area contributed by atoms with Crippen molar-refractivity contribution < 1.29 is 4.39 Å². The molecule has 0 amide bonds. The Balaban J connectivity index is 2.14. The van der Waals surface area contributed by atoms with Crippen LogP contribution in [-0.2, 0) is 0 Å². The summed E-state index contributed by atoms with van der Waals surface area (Å²) in [5, 5.41) is 3.46. The molecule has 2 aromatic rings. The highest BCUT2D eigenvalue weighted by Gasteiger charge is 2.16. The molecule has 118 valence electrons. The van der Waals surface area contributed by atoms with Crippen LogP contribution in [0.15, 0.2) is 35.5 Å². The number of nitrogens with zero attached hydrogens (tertiary/aromatic N) is 2. The van der Waals surface area contributed by atoms with Gasteiger partial charge in [-0.05, 0) is 37.3 Å². The topological polar surface area (TPSA) is 37.8 Å². The lowest BCUT2D eigenvalue weighted by Gasteiger charge is -2.17. The monoisotopic (exact) mass is 339 g/mol. The van der Waals surface area contributed by atoms with E-state index in [1.807, 2.05) is 6.92 Å². The molecule has 6 heteroatoms. The molecule has 0 spiro atoms. The number of rotatable bonds is 6. The van der Waals surface area contributed by atoms with Gasteiger partial charge < -0.3 is 5.32 Å². The van der Waals surface area contributed by atoms with Gasteiger partial charge >= 0.3 is 0 Å². The Morgan fingerprint density at radius 1 is 1.23 bits per heavy atom. The van der Waals surface area contributed by atoms with Crippen LogP contribution < -0.4 is 5.32 Å². The summed E-state index contributed by atoms with van der Waals surface area (Å²) in [6.45, 7) is 5.55. The SMILES string of the molecule is CCSc1ccc(C(C)Nc2ncnc(C(C)F)c2Cl)cc1. The maximum atomic E-state index is 13.4. The van der Waals surface area contributed by atoms with Crippen molar-refractivity contribution in [1.29, 1.82) is 0 Å². The van der Waals surface area contributed by atoms with Crippen molar-refractivity contribution in [3.8, 4) is 0 Å². The summed E-state index contributed by atoms with van der Waals surface area (Å²) < 4.78 is 13.4. The number of benzene rings is 1. The van der Waals surface area contributed by atoms with Gasteiger partial charge in [0.15, 0.2) is 0 Å². The highest BCUT2D eigenvalue weighted by Crippen LogP contribution is 2.30. The van der Waals surface area contributed by atoms with Gasteiger partial charge in [-0.1, -0.05) is 30.7 Å². The summed E-state index contributed by atoms with van der Waals surface area (Å²) in [5.41, 5.74) is 1.33. The molecule has 0 saturated heterocycles. The van der Waals surface area contributed by atoms with E-state index in [9.17, 15) is 4.39 Å². The molecule has 0 bridgehead atoms. The molecule has 22 heavy (non-hydrogen) atoms. The Morgan fingerprint density at radius 2 is 1.91 bits per heavy atom. The molecule has 2 atom stereocenters. The summed E-state index contributed by atoms with van der Waals surface area (Å²) in [4.78, 5) is 9.24. The van der Waals surface area contributed by atoms with Crippen molar-refractivity contribution in [3.63, 3.8) is 0 Å². The third-order valence-corrected chi connectivity index (χ3v) is 4.50. The zero-order chi connectivity index (χ0) is 16.1. The second-order valence-corrected chi connectivity index (χ2v) is 6.62. The van der Waals surface area contributed by atoms with E-state index in [4.69, 9.17) is 11.6 Å². The van der Waals surface area contributed by atoms with E-state index in [-0.39, 0.29) is 16.8 Å². The van der Waals surface area contributed by atoms with Crippen molar-refractivity contribution in [2.75, 3.05) is 11.1 Å². The van der Waals surface area contributed by atoms with Gasteiger partial charge in [-0.15, -0.1) is 11.8 Å². The van der Waals surface area contributed by atoms with Crippen molar-refractivity contribution in [3.05, 3.63) is 46.9 Å². The lowest BCUT2D eigenvalue weighted by Crippen LogP contribution is -2.10. The largest absolute Gasteiger partial charge is 0.362 e. The van der Waals surface area contributed by atoms with Crippen LogP contribution >= 0.6 is 23.4 Å². The molecule has 0 saturated carbocycles. The molecule has 1 N–H and O–H groups in total. The second-order valence-electron chi connectivity index (χ2n) is 4.91. The smallest absolute Gasteiger partial charge is 0.149 e. The number of anilines is 1. The van der Waals surface area contributed by atoms with E-state index >= 15 is 0 Å². The van der Waals surface area contributed by atoms with Crippen molar-refractivity contribution in [2.45, 2.75) is 37.9 Å². The summed E-state index contributed by atoms with van der Waals surface area (Å²) in [7, 11) is 0. The number of halogens is 2. The summed E-state index contributed by atoms with van der Waals surface area (Å²) in [6.07, 6.45) is 0.101. The van der Waals surface area contributed by atoms with Gasteiger partial charge in [0.1, 0.15) is 23.3 Å². The Bertz CT molecular complexity index is 619. The molecule has 0 radical (unpaired) electrons. The van der Waals surface area contributed by atoms with E-state index in [1.54, 1.807) is 11.8 Å². The van der Waals surface area contributed by atoms with Crippen LogP contribution in [0.4, 0.5) is 10.2 Å². The van der Waals surface area contributed by atoms with Crippen LogP contribution in [0.2, 0.25) is 5.02 Å². The molecule has 0 aliphatic rings. The first-order valence-corrected chi connectivity index (χ1v) is 8.53. The van der Waals surface area contributed by atoms with Gasteiger partial charge in [0.25, 0.3) is 0 Å². The van der Waals surface area contributed by atoms with Crippen LogP contribution in [-0.4, -0.2) is 15.7 Å². The third kappa shape index (κ3) is 4.11. The Labute approximate surface area is 139 Å². The molecule has 0 aliphatic carbocycles. The number of hydrogen-bond acceptors (Lipinski definition) is 4. The number of alkyl halides is 1. The van der Waals surface area contributed by atoms with Crippen LogP contribution in [0.1, 0.15) is 44.2 Å². The predicted molar refractivity (Wildman–Crippen MR) is 91.4 cm³/mol. The highest BCUT2D eigenvalue weighted by molar-refractivity contribution is 7.99. The standard InChI is InChI=1S/C16H19ClFN3S/c1-4-22-13-7-5-12(6-8-13)11(3)21-16-14(17)15(10(2)18)19-9-20-16/h5-11H,4H2,1-3H3,(H,19,20,21). The Hall–Kier alpha value is -1.33. The Kier molecular flexibility index (Phi) is 6.03. The molecule has 3 nitrogen and oxygen atoms in total. The number of aromatic nitrogens is 2. The maximum absolute atomic E-state index is 13.4. The van der Waals surface area contributed by atoms with E-state index in [0.717, 1.165) is 11.3 Å². The van der Waals surface area contributed by atoms with E-state index in [2.05, 4.69) is 46.5 Å². The molecule has 1 heterocycles. The number of thioether (sulfide) groups is 1. The molecule has 1 aromatic carbocycles. The number of hydrogen-bond donors (Lipinski definition) is 1. The first-order valence-electron chi connectivity index (χ1n) is 7.16. The first kappa shape index (κ1) is 17.0. The first-order chi connectivity index (χ1) is 10.5. The van der Waals surface area contributed by atoms with Gasteiger partial charge in [0, 0.05) is 10.9 Å². The van der Waals surface area contributed by atoms with Crippen LogP contribution in [0.25, 0.3) is 0 Å². The normalized spacial score (nSPS) is 13.7. The minimum absolute atomic E-state index is 0.0100. The Morgan fingerprint density at radius 3 is 2.50 bits per heavy atom. The lowest BCUT2D eigenvalue weighted by atomic mass is 10.1. The van der Waals surface area contributed by atoms with Crippen molar-refractivity contribution >= 4 is 29.2 Å². The van der Waals surface area contributed by atoms with Gasteiger partial charge in [0.05, 0.1) is 5.69 Å². The molecular weight excluding hydrogens is 321 g/mol. The fourth-order valence-corrected chi connectivity index (χ4v) is 3.03. The summed E-state index contributed by atoms with van der Waals surface area (Å²) >= 11 is 7.97. The van der Waals surface area contributed by atoms with Gasteiger partial charge in [0.2, 0.25) is 0 Å². The summed E-state index contributed by atoms with van der Waals surface area (Å²) in [5.74, 6) is 1.50. The molecule has 2 unspecified atom stereocenters. The predicted octanol–water partition coefficient (Wildman–Crippen LogP) is 5.45. The molecule has 0 aliphatic heterocycles. The molecular formula is C16H19ClFN3S. The number of nitrogens with one attached hydrogen (secondary N) is 1. The lowest BCUT2D eigenvalue weighted by molar-refractivity contribution is 0.365. The minimum Gasteiger partial charge on any atom is -0.362 e. The van der Waals surface area contributed by atoms with Crippen molar-refractivity contribution in [2.24, 2.45) is 0 Å². The highest BCUT2D eigenvalue weighted by atomic mass is 35.5. The quantitative estimate of drug-likeness (QED) is 0.710. The average Bonchev–Trinajstić information content (AvgIpc) is 2.50. The second kappa shape index (κ2) is 7.79. The summed E-state index contributed by atoms with van der Waals surface area (Å²) in [6, 6.07) is 8.35. The van der Waals surface area contributed by atoms with Crippen molar-refractivity contribution in [1.82, 2.24) is 9.97 Å². The fourth-order valence-electron chi connectivity index (χ4n) is 2.07. The van der Waals surface area contributed by atoms with E-state index < -0.39 is 6.17 Å². The molecule has 2 rings (SSSR count). The van der Waals surface area contributed by atoms with Crippen LogP contribution in [0, 0.1) is 0 Å². The zero-order valence-electron chi connectivity index (χ0n) is 12.8. The zero-order valence-corrected chi connectivity index (χ0v) is 14.4. The van der Waals surface area contributed by atoms with Gasteiger partial charge in [-0.25, -0.2) is 14.4 Å².